The van der Waals surface area contributed by atoms with Crippen LogP contribution in [0.2, 0.25) is 0 Å². The van der Waals surface area contributed by atoms with Crippen LogP contribution in [-0.2, 0) is 6.42 Å². The van der Waals surface area contributed by atoms with Gasteiger partial charge in [-0.15, -0.1) is 0 Å². The van der Waals surface area contributed by atoms with E-state index in [0.717, 1.165) is 13.0 Å². The van der Waals surface area contributed by atoms with Crippen LogP contribution in [0, 0.1) is 5.92 Å². The normalized spacial score (nSPS) is 23.5. The topological polar surface area (TPSA) is 29.3 Å². The van der Waals surface area contributed by atoms with Gasteiger partial charge in [-0.1, -0.05) is 30.3 Å². The van der Waals surface area contributed by atoms with Gasteiger partial charge in [0.1, 0.15) is 0 Å². The molecule has 1 fully saturated rings. The van der Waals surface area contributed by atoms with E-state index in [1.54, 1.807) is 0 Å². The number of nitrogens with zero attached hydrogens (tertiary/aromatic N) is 1. The van der Waals surface area contributed by atoms with Gasteiger partial charge in [-0.05, 0) is 50.8 Å². The predicted octanol–water partition coefficient (Wildman–Crippen LogP) is 2.29. The van der Waals surface area contributed by atoms with Crippen LogP contribution >= 0.6 is 0 Å². The summed E-state index contributed by atoms with van der Waals surface area (Å²) in [5.41, 5.74) is 7.23. The van der Waals surface area contributed by atoms with Crippen molar-refractivity contribution >= 4 is 0 Å². The minimum absolute atomic E-state index is 0.631. The molecule has 1 saturated heterocycles. The molecule has 1 aromatic carbocycles. The van der Waals surface area contributed by atoms with Crippen molar-refractivity contribution in [1.82, 2.24) is 4.90 Å². The highest BCUT2D eigenvalue weighted by Crippen LogP contribution is 2.19. The lowest BCUT2D eigenvalue weighted by Crippen LogP contribution is -2.44. The van der Waals surface area contributed by atoms with Crippen LogP contribution in [0.3, 0.4) is 0 Å². The summed E-state index contributed by atoms with van der Waals surface area (Å²) >= 11 is 0. The monoisotopic (exact) mass is 232 g/mol. The minimum Gasteiger partial charge on any atom is -0.330 e. The van der Waals surface area contributed by atoms with E-state index >= 15 is 0 Å². The molecule has 1 aliphatic heterocycles. The summed E-state index contributed by atoms with van der Waals surface area (Å²) in [6.07, 6.45) is 3.77. The molecule has 0 aromatic heterocycles. The summed E-state index contributed by atoms with van der Waals surface area (Å²) in [4.78, 5) is 2.61. The summed E-state index contributed by atoms with van der Waals surface area (Å²) in [7, 11) is 0. The zero-order valence-electron chi connectivity index (χ0n) is 10.8. The van der Waals surface area contributed by atoms with Crippen molar-refractivity contribution < 1.29 is 0 Å². The fraction of sp³-hybridized carbons (Fsp3) is 0.600. The third-order valence-corrected chi connectivity index (χ3v) is 3.88. The van der Waals surface area contributed by atoms with Crippen molar-refractivity contribution in [2.45, 2.75) is 32.2 Å². The number of piperidine rings is 1. The lowest BCUT2D eigenvalue weighted by molar-refractivity contribution is 0.134. The van der Waals surface area contributed by atoms with Crippen molar-refractivity contribution in [2.24, 2.45) is 11.7 Å². The highest BCUT2D eigenvalue weighted by Gasteiger charge is 2.22. The summed E-state index contributed by atoms with van der Waals surface area (Å²) < 4.78 is 0. The molecule has 94 valence electrons. The zero-order valence-corrected chi connectivity index (χ0v) is 10.8. The van der Waals surface area contributed by atoms with Gasteiger partial charge in [-0.2, -0.15) is 0 Å². The molecule has 2 N–H and O–H groups in total. The van der Waals surface area contributed by atoms with Crippen molar-refractivity contribution in [3.05, 3.63) is 35.9 Å². The fourth-order valence-corrected chi connectivity index (χ4v) is 2.77. The number of rotatable bonds is 4. The van der Waals surface area contributed by atoms with Gasteiger partial charge in [0.2, 0.25) is 0 Å². The van der Waals surface area contributed by atoms with Gasteiger partial charge in [-0.3, -0.25) is 0 Å². The van der Waals surface area contributed by atoms with Gasteiger partial charge in [0, 0.05) is 12.6 Å². The van der Waals surface area contributed by atoms with Crippen LogP contribution in [0.5, 0.6) is 0 Å². The van der Waals surface area contributed by atoms with Crippen LogP contribution < -0.4 is 5.73 Å². The van der Waals surface area contributed by atoms with Crippen molar-refractivity contribution in [2.75, 3.05) is 19.6 Å². The summed E-state index contributed by atoms with van der Waals surface area (Å²) in [5.74, 6) is 0.710. The maximum Gasteiger partial charge on any atom is 0.0107 e. The molecule has 0 bridgehead atoms. The lowest BCUT2D eigenvalue weighted by Gasteiger charge is -2.36. The third-order valence-electron chi connectivity index (χ3n) is 3.88. The number of likely N-dealkylation sites (tertiary alicyclic amines) is 1. The molecule has 2 rings (SSSR count). The Balaban J connectivity index is 1.89. The molecule has 0 saturated carbocycles. The van der Waals surface area contributed by atoms with Gasteiger partial charge in [-0.25, -0.2) is 0 Å². The Morgan fingerprint density at radius 2 is 2.12 bits per heavy atom. The van der Waals surface area contributed by atoms with Gasteiger partial charge in [0.25, 0.3) is 0 Å². The second-order valence-electron chi connectivity index (χ2n) is 5.28. The quantitative estimate of drug-likeness (QED) is 0.863. The summed E-state index contributed by atoms with van der Waals surface area (Å²) in [6.45, 7) is 5.61. The molecule has 0 unspecified atom stereocenters. The summed E-state index contributed by atoms with van der Waals surface area (Å²) in [5, 5.41) is 0. The molecule has 2 nitrogen and oxygen atoms in total. The highest BCUT2D eigenvalue weighted by molar-refractivity contribution is 5.15. The average Bonchev–Trinajstić information content (AvgIpc) is 2.40. The van der Waals surface area contributed by atoms with Crippen LogP contribution in [0.15, 0.2) is 30.3 Å². The molecular weight excluding hydrogens is 208 g/mol. The Morgan fingerprint density at radius 3 is 2.82 bits per heavy atom. The zero-order chi connectivity index (χ0) is 12.1. The van der Waals surface area contributed by atoms with Gasteiger partial charge in [0.15, 0.2) is 0 Å². The molecule has 17 heavy (non-hydrogen) atoms. The number of benzene rings is 1. The first-order valence-electron chi connectivity index (χ1n) is 6.77. The van der Waals surface area contributed by atoms with Crippen molar-refractivity contribution in [3.8, 4) is 0 Å². The second kappa shape index (κ2) is 6.18. The smallest absolute Gasteiger partial charge is 0.0107 e. The van der Waals surface area contributed by atoms with Crippen LogP contribution in [0.4, 0.5) is 0 Å². The fourth-order valence-electron chi connectivity index (χ4n) is 2.77. The molecule has 0 aliphatic carbocycles. The standard InChI is InChI=1S/C15H24N2/c1-13(10-14-6-3-2-4-7-14)17-9-5-8-15(11-16)12-17/h2-4,6-7,13,15H,5,8-12,16H2,1H3/t13-,15+/m1/s1. The van der Waals surface area contributed by atoms with Crippen molar-refractivity contribution in [3.63, 3.8) is 0 Å². The Hall–Kier alpha value is -0.860. The van der Waals surface area contributed by atoms with E-state index in [9.17, 15) is 0 Å². The Morgan fingerprint density at radius 1 is 1.35 bits per heavy atom. The first-order valence-corrected chi connectivity index (χ1v) is 6.77. The molecule has 0 spiro atoms. The lowest BCUT2D eigenvalue weighted by atomic mass is 9.95. The van der Waals surface area contributed by atoms with Gasteiger partial charge >= 0.3 is 0 Å². The number of nitrogens with two attached hydrogens (primary N) is 1. The van der Waals surface area contributed by atoms with Crippen LogP contribution in [0.1, 0.15) is 25.3 Å². The highest BCUT2D eigenvalue weighted by atomic mass is 15.2. The van der Waals surface area contributed by atoms with Gasteiger partial charge < -0.3 is 10.6 Å². The SMILES string of the molecule is C[C@H](Cc1ccccc1)N1CCC[C@@H](CN)C1. The number of hydrogen-bond donors (Lipinski definition) is 1. The molecule has 2 atom stereocenters. The average molecular weight is 232 g/mol. The van der Waals surface area contributed by atoms with E-state index in [1.165, 1.54) is 31.5 Å². The molecule has 1 aliphatic rings. The predicted molar refractivity (Wildman–Crippen MR) is 73.0 cm³/mol. The van der Waals surface area contributed by atoms with E-state index < -0.39 is 0 Å². The third kappa shape index (κ3) is 3.55. The number of hydrogen-bond acceptors (Lipinski definition) is 2. The Bertz CT molecular complexity index is 323. The molecule has 0 amide bonds. The van der Waals surface area contributed by atoms with E-state index in [2.05, 4.69) is 42.2 Å². The van der Waals surface area contributed by atoms with Crippen LogP contribution in [0.25, 0.3) is 0 Å². The minimum atomic E-state index is 0.631. The van der Waals surface area contributed by atoms with E-state index in [0.29, 0.717) is 12.0 Å². The maximum absolute atomic E-state index is 5.79. The molecule has 1 heterocycles. The largest absolute Gasteiger partial charge is 0.330 e. The first kappa shape index (κ1) is 12.6. The molecule has 2 heteroatoms. The van der Waals surface area contributed by atoms with Gasteiger partial charge in [0.05, 0.1) is 0 Å². The van der Waals surface area contributed by atoms with E-state index in [4.69, 9.17) is 5.73 Å². The first-order chi connectivity index (χ1) is 8.29. The maximum atomic E-state index is 5.79. The molecular formula is C15H24N2. The second-order valence-corrected chi connectivity index (χ2v) is 5.28. The Kier molecular flexibility index (Phi) is 4.57. The Labute approximate surface area is 105 Å². The van der Waals surface area contributed by atoms with E-state index in [-0.39, 0.29) is 0 Å². The van der Waals surface area contributed by atoms with Crippen LogP contribution in [-0.4, -0.2) is 30.6 Å². The van der Waals surface area contributed by atoms with Crippen molar-refractivity contribution in [1.29, 1.82) is 0 Å². The summed E-state index contributed by atoms with van der Waals surface area (Å²) in [6, 6.07) is 11.4. The molecule has 0 radical (unpaired) electrons. The molecule has 1 aromatic rings. The van der Waals surface area contributed by atoms with E-state index in [1.807, 2.05) is 0 Å².